The van der Waals surface area contributed by atoms with Gasteiger partial charge in [-0.3, -0.25) is 9.36 Å². The Labute approximate surface area is 92.4 Å². The Morgan fingerprint density at radius 3 is 2.62 bits per heavy atom. The molecule has 4 heteroatoms. The Balaban J connectivity index is 2.71. The maximum Gasteiger partial charge on any atom is 0.418 e. The van der Waals surface area contributed by atoms with Crippen molar-refractivity contribution >= 4 is 22.8 Å². The predicted octanol–water partition coefficient (Wildman–Crippen LogP) is 2.46. The third-order valence-electron chi connectivity index (χ3n) is 2.48. The van der Waals surface area contributed by atoms with Crippen LogP contribution in [0.2, 0.25) is 0 Å². The van der Waals surface area contributed by atoms with Gasteiger partial charge in [0.25, 0.3) is 0 Å². The van der Waals surface area contributed by atoms with Gasteiger partial charge in [-0.15, -0.1) is 0 Å². The molecule has 1 heterocycles. The number of aromatic nitrogens is 1. The normalized spacial score (nSPS) is 10.4. The summed E-state index contributed by atoms with van der Waals surface area (Å²) in [5.41, 5.74) is 1.29. The summed E-state index contributed by atoms with van der Waals surface area (Å²) in [4.78, 5) is 22.8. The summed E-state index contributed by atoms with van der Waals surface area (Å²) < 4.78 is 6.02. The largest absolute Gasteiger partial charge is 0.452 e. The highest BCUT2D eigenvalue weighted by Gasteiger charge is 2.12. The van der Waals surface area contributed by atoms with E-state index in [-0.39, 0.29) is 5.78 Å². The number of hydrogen-bond donors (Lipinski definition) is 0. The number of methoxy groups -OCH3 is 1. The molecule has 0 saturated heterocycles. The molecule has 2 rings (SSSR count). The molecule has 0 N–H and O–H groups in total. The van der Waals surface area contributed by atoms with Crippen LogP contribution in [0.3, 0.4) is 0 Å². The minimum atomic E-state index is -0.462. The van der Waals surface area contributed by atoms with Gasteiger partial charge in [0, 0.05) is 17.1 Å². The number of ether oxygens (including phenoxy) is 1. The van der Waals surface area contributed by atoms with Crippen molar-refractivity contribution < 1.29 is 14.3 Å². The standard InChI is InChI=1S/C12H11NO3/c1-8(14)9-4-3-5-11-10(9)6-7-13(11)12(15)16-2/h3-7H,1-2H3. The first-order valence-electron chi connectivity index (χ1n) is 4.84. The average molecular weight is 217 g/mol. The molecule has 0 saturated carbocycles. The molecule has 4 nitrogen and oxygen atoms in total. The molecule has 0 aliphatic heterocycles. The van der Waals surface area contributed by atoms with Crippen molar-refractivity contribution in [3.8, 4) is 0 Å². The van der Waals surface area contributed by atoms with Crippen LogP contribution in [0.1, 0.15) is 17.3 Å². The molecule has 0 aliphatic carbocycles. The smallest absolute Gasteiger partial charge is 0.418 e. The molecular weight excluding hydrogens is 206 g/mol. The number of rotatable bonds is 1. The van der Waals surface area contributed by atoms with Crippen molar-refractivity contribution in [2.24, 2.45) is 0 Å². The molecule has 82 valence electrons. The molecule has 2 aromatic rings. The van der Waals surface area contributed by atoms with E-state index in [1.165, 1.54) is 18.6 Å². The number of hydrogen-bond acceptors (Lipinski definition) is 3. The van der Waals surface area contributed by atoms with E-state index in [0.29, 0.717) is 11.1 Å². The summed E-state index contributed by atoms with van der Waals surface area (Å²) in [7, 11) is 1.32. The molecule has 1 aromatic heterocycles. The maximum absolute atomic E-state index is 11.4. The van der Waals surface area contributed by atoms with E-state index in [0.717, 1.165) is 5.39 Å². The van der Waals surface area contributed by atoms with Gasteiger partial charge >= 0.3 is 6.09 Å². The third-order valence-corrected chi connectivity index (χ3v) is 2.48. The lowest BCUT2D eigenvalue weighted by Gasteiger charge is -2.03. The van der Waals surface area contributed by atoms with Crippen LogP contribution in [0.25, 0.3) is 10.9 Å². The number of carbonyl (C=O) groups excluding carboxylic acids is 2. The highest BCUT2D eigenvalue weighted by atomic mass is 16.5. The van der Waals surface area contributed by atoms with Crippen LogP contribution < -0.4 is 0 Å². The van der Waals surface area contributed by atoms with Crippen molar-refractivity contribution in [1.29, 1.82) is 0 Å². The van der Waals surface area contributed by atoms with Crippen molar-refractivity contribution in [2.45, 2.75) is 6.92 Å². The zero-order chi connectivity index (χ0) is 11.7. The van der Waals surface area contributed by atoms with Gasteiger partial charge < -0.3 is 4.74 Å². The Hall–Kier alpha value is -2.10. The molecule has 0 unspecified atom stereocenters. The predicted molar refractivity (Wildman–Crippen MR) is 59.7 cm³/mol. The van der Waals surface area contributed by atoms with E-state index >= 15 is 0 Å². The first-order chi connectivity index (χ1) is 7.65. The van der Waals surface area contributed by atoms with E-state index in [1.807, 2.05) is 0 Å². The zero-order valence-electron chi connectivity index (χ0n) is 9.06. The molecule has 0 bridgehead atoms. The fourth-order valence-corrected chi connectivity index (χ4v) is 1.73. The summed E-state index contributed by atoms with van der Waals surface area (Å²) in [6.07, 6.45) is 1.14. The van der Waals surface area contributed by atoms with Crippen LogP contribution in [-0.4, -0.2) is 23.6 Å². The van der Waals surface area contributed by atoms with Gasteiger partial charge in [-0.25, -0.2) is 4.79 Å². The maximum atomic E-state index is 11.4. The SMILES string of the molecule is COC(=O)n1ccc2c(C(C)=O)cccc21. The fraction of sp³-hybridized carbons (Fsp3) is 0.167. The van der Waals surface area contributed by atoms with Crippen LogP contribution in [-0.2, 0) is 4.74 Å². The van der Waals surface area contributed by atoms with Crippen molar-refractivity contribution in [1.82, 2.24) is 4.57 Å². The molecule has 1 aromatic carbocycles. The zero-order valence-corrected chi connectivity index (χ0v) is 9.06. The minimum absolute atomic E-state index is 0.0202. The third kappa shape index (κ3) is 1.48. The van der Waals surface area contributed by atoms with Crippen LogP contribution in [0.4, 0.5) is 4.79 Å². The lowest BCUT2D eigenvalue weighted by atomic mass is 10.1. The summed E-state index contributed by atoms with van der Waals surface area (Å²) in [6, 6.07) is 7.01. The average Bonchev–Trinajstić information content (AvgIpc) is 2.71. The summed E-state index contributed by atoms with van der Waals surface area (Å²) >= 11 is 0. The molecular formula is C12H11NO3. The lowest BCUT2D eigenvalue weighted by Crippen LogP contribution is -2.09. The molecule has 0 radical (unpaired) electrons. The van der Waals surface area contributed by atoms with Gasteiger partial charge in [-0.2, -0.15) is 0 Å². The molecule has 0 atom stereocenters. The van der Waals surface area contributed by atoms with E-state index in [4.69, 9.17) is 0 Å². The van der Waals surface area contributed by atoms with E-state index < -0.39 is 6.09 Å². The van der Waals surface area contributed by atoms with Gasteiger partial charge in [-0.05, 0) is 19.1 Å². The number of carbonyl (C=O) groups is 2. The van der Waals surface area contributed by atoms with Crippen molar-refractivity contribution in [3.63, 3.8) is 0 Å². The van der Waals surface area contributed by atoms with Crippen LogP contribution >= 0.6 is 0 Å². The first-order valence-corrected chi connectivity index (χ1v) is 4.84. The number of nitrogens with zero attached hydrogens (tertiary/aromatic N) is 1. The molecule has 0 aliphatic rings. The highest BCUT2D eigenvalue weighted by molar-refractivity contribution is 6.07. The Morgan fingerprint density at radius 2 is 2.00 bits per heavy atom. The number of Topliss-reactive ketones (excluding diaryl/α,β-unsaturated/α-hetero) is 1. The fourth-order valence-electron chi connectivity index (χ4n) is 1.73. The summed E-state index contributed by atoms with van der Waals surface area (Å²) in [5, 5.41) is 0.764. The van der Waals surface area contributed by atoms with E-state index in [9.17, 15) is 9.59 Å². The summed E-state index contributed by atoms with van der Waals surface area (Å²) in [5.74, 6) is -0.0202. The molecule has 0 fully saturated rings. The topological polar surface area (TPSA) is 48.3 Å². The van der Waals surface area contributed by atoms with Crippen LogP contribution in [0.5, 0.6) is 0 Å². The number of benzene rings is 1. The monoisotopic (exact) mass is 217 g/mol. The van der Waals surface area contributed by atoms with Crippen molar-refractivity contribution in [2.75, 3.05) is 7.11 Å². The quantitative estimate of drug-likeness (QED) is 0.689. The van der Waals surface area contributed by atoms with Gasteiger partial charge in [-0.1, -0.05) is 12.1 Å². The molecule has 0 spiro atoms. The van der Waals surface area contributed by atoms with E-state index in [2.05, 4.69) is 4.74 Å². The van der Waals surface area contributed by atoms with Crippen molar-refractivity contribution in [3.05, 3.63) is 36.0 Å². The number of fused-ring (bicyclic) bond motifs is 1. The first kappa shape index (κ1) is 10.4. The Bertz CT molecular complexity index is 569. The lowest BCUT2D eigenvalue weighted by molar-refractivity contribution is 0.101. The van der Waals surface area contributed by atoms with Gasteiger partial charge in [0.15, 0.2) is 5.78 Å². The van der Waals surface area contributed by atoms with Crippen LogP contribution in [0.15, 0.2) is 30.5 Å². The summed E-state index contributed by atoms with van der Waals surface area (Å²) in [6.45, 7) is 1.50. The molecule has 0 amide bonds. The number of ketones is 1. The Kier molecular flexibility index (Phi) is 2.48. The van der Waals surface area contributed by atoms with E-state index in [1.54, 1.807) is 30.5 Å². The minimum Gasteiger partial charge on any atom is -0.452 e. The second-order valence-corrected chi connectivity index (χ2v) is 3.45. The van der Waals surface area contributed by atoms with Gasteiger partial charge in [0.05, 0.1) is 12.6 Å². The van der Waals surface area contributed by atoms with Gasteiger partial charge in [0.2, 0.25) is 0 Å². The Morgan fingerprint density at radius 1 is 1.25 bits per heavy atom. The van der Waals surface area contributed by atoms with Gasteiger partial charge in [0.1, 0.15) is 0 Å². The molecule has 16 heavy (non-hydrogen) atoms. The highest BCUT2D eigenvalue weighted by Crippen LogP contribution is 2.20. The second kappa shape index (κ2) is 3.81. The van der Waals surface area contributed by atoms with Crippen LogP contribution in [0, 0.1) is 0 Å². The second-order valence-electron chi connectivity index (χ2n) is 3.45.